The Kier molecular flexibility index (Phi) is 4.02. The molecule has 1 N–H and O–H groups in total. The molecule has 0 radical (unpaired) electrons. The van der Waals surface area contributed by atoms with Crippen LogP contribution in [0.15, 0.2) is 4.99 Å². The van der Waals surface area contributed by atoms with Crippen LogP contribution in [0.4, 0.5) is 0 Å². The maximum Gasteiger partial charge on any atom is 0.308 e. The van der Waals surface area contributed by atoms with Crippen molar-refractivity contribution >= 4 is 11.9 Å². The van der Waals surface area contributed by atoms with Gasteiger partial charge < -0.3 is 15.0 Å². The summed E-state index contributed by atoms with van der Waals surface area (Å²) in [4.78, 5) is 18.1. The van der Waals surface area contributed by atoms with E-state index in [1.165, 1.54) is 13.5 Å². The lowest BCUT2D eigenvalue weighted by atomic mass is 9.97. The molecule has 0 aromatic carbocycles. The fourth-order valence-corrected chi connectivity index (χ4v) is 2.66. The first-order valence-corrected chi connectivity index (χ1v) is 7.04. The summed E-state index contributed by atoms with van der Waals surface area (Å²) < 4.78 is 4.81. The molecule has 1 aliphatic carbocycles. The standard InChI is InChI=1S/C14H25N3O2/c1-14(2)9-11(14)16-13(15-3)17-7-5-10(6-8-17)12(18)19-4/h10-11H,5-9H2,1-4H3,(H,15,16). The van der Waals surface area contributed by atoms with Crippen molar-refractivity contribution in [2.24, 2.45) is 16.3 Å². The van der Waals surface area contributed by atoms with Crippen molar-refractivity contribution in [1.82, 2.24) is 10.2 Å². The number of nitrogens with one attached hydrogen (secondary N) is 1. The molecule has 1 unspecified atom stereocenters. The third kappa shape index (κ3) is 3.19. The van der Waals surface area contributed by atoms with Crippen molar-refractivity contribution in [2.75, 3.05) is 27.2 Å². The number of rotatable bonds is 2. The Morgan fingerprint density at radius 1 is 1.37 bits per heavy atom. The van der Waals surface area contributed by atoms with Gasteiger partial charge in [0, 0.05) is 26.2 Å². The molecule has 0 spiro atoms. The Bertz CT molecular complexity index is 371. The quantitative estimate of drug-likeness (QED) is 0.465. The number of hydrogen-bond acceptors (Lipinski definition) is 3. The Labute approximate surface area is 115 Å². The van der Waals surface area contributed by atoms with Crippen molar-refractivity contribution in [3.63, 3.8) is 0 Å². The lowest BCUT2D eigenvalue weighted by Gasteiger charge is -2.33. The van der Waals surface area contributed by atoms with E-state index in [9.17, 15) is 4.79 Å². The molecule has 0 amide bonds. The molecule has 5 heteroatoms. The first kappa shape index (κ1) is 14.2. The molecule has 0 bridgehead atoms. The van der Waals surface area contributed by atoms with Crippen molar-refractivity contribution in [3.8, 4) is 0 Å². The Hall–Kier alpha value is -1.26. The number of nitrogens with zero attached hydrogens (tertiary/aromatic N) is 2. The number of hydrogen-bond donors (Lipinski definition) is 1. The van der Waals surface area contributed by atoms with Crippen molar-refractivity contribution in [1.29, 1.82) is 0 Å². The number of aliphatic imine (C=N–C) groups is 1. The lowest BCUT2D eigenvalue weighted by molar-refractivity contribution is -0.146. The molecule has 1 aliphatic heterocycles. The summed E-state index contributed by atoms with van der Waals surface area (Å²) >= 11 is 0. The summed E-state index contributed by atoms with van der Waals surface area (Å²) in [5, 5.41) is 3.52. The summed E-state index contributed by atoms with van der Waals surface area (Å²) in [6, 6.07) is 0.532. The molecule has 1 saturated carbocycles. The number of esters is 1. The molecular weight excluding hydrogens is 242 g/mol. The summed E-state index contributed by atoms with van der Waals surface area (Å²) in [5.41, 5.74) is 0.389. The first-order chi connectivity index (χ1) is 8.97. The van der Waals surface area contributed by atoms with Crippen LogP contribution in [-0.4, -0.2) is 50.1 Å². The Morgan fingerprint density at radius 2 is 1.95 bits per heavy atom. The number of methoxy groups -OCH3 is 1. The average Bonchev–Trinajstić information content (AvgIpc) is 3.02. The third-order valence-corrected chi connectivity index (χ3v) is 4.36. The minimum atomic E-state index is -0.0778. The lowest BCUT2D eigenvalue weighted by Crippen LogP contribution is -2.47. The van der Waals surface area contributed by atoms with Gasteiger partial charge in [-0.2, -0.15) is 0 Å². The zero-order valence-electron chi connectivity index (χ0n) is 12.4. The molecule has 2 fully saturated rings. The van der Waals surface area contributed by atoms with Crippen LogP contribution in [0.2, 0.25) is 0 Å². The highest BCUT2D eigenvalue weighted by Crippen LogP contribution is 2.44. The second kappa shape index (κ2) is 5.39. The maximum absolute atomic E-state index is 11.5. The molecule has 0 aromatic rings. The van der Waals surface area contributed by atoms with E-state index in [-0.39, 0.29) is 11.9 Å². The SMILES string of the molecule is CN=C(NC1CC1(C)C)N1CCC(C(=O)OC)CC1. The number of carbonyl (C=O) groups is 1. The van der Waals surface area contributed by atoms with Gasteiger partial charge in [0.1, 0.15) is 0 Å². The molecule has 1 saturated heterocycles. The van der Waals surface area contributed by atoms with Gasteiger partial charge in [-0.15, -0.1) is 0 Å². The van der Waals surface area contributed by atoms with Gasteiger partial charge in [-0.1, -0.05) is 13.8 Å². The number of likely N-dealkylation sites (tertiary alicyclic amines) is 1. The van der Waals surface area contributed by atoms with Gasteiger partial charge >= 0.3 is 5.97 Å². The number of guanidine groups is 1. The summed E-state index contributed by atoms with van der Waals surface area (Å²) in [7, 11) is 3.29. The van der Waals surface area contributed by atoms with Crippen LogP contribution in [0.5, 0.6) is 0 Å². The van der Waals surface area contributed by atoms with E-state index >= 15 is 0 Å². The predicted octanol–water partition coefficient (Wildman–Crippen LogP) is 1.25. The Balaban J connectivity index is 1.84. The number of piperidine rings is 1. The van der Waals surface area contributed by atoms with Gasteiger partial charge in [0.25, 0.3) is 0 Å². The Morgan fingerprint density at radius 3 is 2.37 bits per heavy atom. The summed E-state index contributed by atoms with van der Waals surface area (Å²) in [6.07, 6.45) is 2.90. The van der Waals surface area contributed by atoms with Crippen LogP contribution in [-0.2, 0) is 9.53 Å². The van der Waals surface area contributed by atoms with Crippen LogP contribution in [0.1, 0.15) is 33.1 Å². The maximum atomic E-state index is 11.5. The van der Waals surface area contributed by atoms with Gasteiger partial charge in [-0.3, -0.25) is 9.79 Å². The van der Waals surface area contributed by atoms with E-state index in [0.717, 1.165) is 31.9 Å². The fourth-order valence-electron chi connectivity index (χ4n) is 2.66. The molecule has 1 heterocycles. The van der Waals surface area contributed by atoms with Crippen LogP contribution in [0.3, 0.4) is 0 Å². The van der Waals surface area contributed by atoms with Crippen LogP contribution < -0.4 is 5.32 Å². The van der Waals surface area contributed by atoms with E-state index in [2.05, 4.69) is 29.1 Å². The molecule has 5 nitrogen and oxygen atoms in total. The first-order valence-electron chi connectivity index (χ1n) is 7.04. The molecule has 2 rings (SSSR count). The van der Waals surface area contributed by atoms with E-state index in [4.69, 9.17) is 4.74 Å². The van der Waals surface area contributed by atoms with Crippen LogP contribution in [0.25, 0.3) is 0 Å². The largest absolute Gasteiger partial charge is 0.469 e. The highest BCUT2D eigenvalue weighted by Gasteiger charge is 2.46. The topological polar surface area (TPSA) is 53.9 Å². The minimum absolute atomic E-state index is 0.0525. The molecule has 0 aromatic heterocycles. The van der Waals surface area contributed by atoms with Gasteiger partial charge in [-0.25, -0.2) is 0 Å². The second-order valence-electron chi connectivity index (χ2n) is 6.22. The van der Waals surface area contributed by atoms with Gasteiger partial charge in [0.15, 0.2) is 5.96 Å². The highest BCUT2D eigenvalue weighted by molar-refractivity contribution is 5.81. The molecule has 1 atom stereocenters. The smallest absolute Gasteiger partial charge is 0.308 e. The average molecular weight is 267 g/mol. The zero-order valence-corrected chi connectivity index (χ0v) is 12.4. The molecular formula is C14H25N3O2. The van der Waals surface area contributed by atoms with Crippen LogP contribution >= 0.6 is 0 Å². The zero-order chi connectivity index (χ0) is 14.0. The monoisotopic (exact) mass is 267 g/mol. The molecule has 2 aliphatic rings. The third-order valence-electron chi connectivity index (χ3n) is 4.36. The van der Waals surface area contributed by atoms with Gasteiger partial charge in [0.2, 0.25) is 0 Å². The summed E-state index contributed by atoms with van der Waals surface area (Å²) in [6.45, 7) is 6.27. The van der Waals surface area contributed by atoms with E-state index in [1.807, 2.05) is 7.05 Å². The van der Waals surface area contributed by atoms with Gasteiger partial charge in [-0.05, 0) is 24.7 Å². The van der Waals surface area contributed by atoms with Crippen molar-refractivity contribution in [2.45, 2.75) is 39.2 Å². The fraction of sp³-hybridized carbons (Fsp3) is 0.857. The number of carbonyl (C=O) groups excluding carboxylic acids is 1. The minimum Gasteiger partial charge on any atom is -0.469 e. The van der Waals surface area contributed by atoms with Crippen molar-refractivity contribution < 1.29 is 9.53 Å². The number of ether oxygens (including phenoxy) is 1. The second-order valence-corrected chi connectivity index (χ2v) is 6.22. The van der Waals surface area contributed by atoms with E-state index in [0.29, 0.717) is 11.5 Å². The summed E-state index contributed by atoms with van der Waals surface area (Å²) in [5.74, 6) is 0.946. The van der Waals surface area contributed by atoms with Gasteiger partial charge in [0.05, 0.1) is 13.0 Å². The normalized spacial score (nSPS) is 27.1. The highest BCUT2D eigenvalue weighted by atomic mass is 16.5. The van der Waals surface area contributed by atoms with Crippen molar-refractivity contribution in [3.05, 3.63) is 0 Å². The van der Waals surface area contributed by atoms with Crippen LogP contribution in [0, 0.1) is 11.3 Å². The van der Waals surface area contributed by atoms with E-state index < -0.39 is 0 Å². The van der Waals surface area contributed by atoms with E-state index in [1.54, 1.807) is 0 Å². The molecule has 19 heavy (non-hydrogen) atoms. The predicted molar refractivity (Wildman–Crippen MR) is 75.0 cm³/mol. The molecule has 108 valence electrons.